The summed E-state index contributed by atoms with van der Waals surface area (Å²) >= 11 is 0. The molecule has 146 valence electrons. The molecule has 0 aliphatic heterocycles. The predicted octanol–water partition coefficient (Wildman–Crippen LogP) is 3.87. The molecule has 0 heterocycles. The van der Waals surface area contributed by atoms with Gasteiger partial charge >= 0.3 is 0 Å². The molecule has 0 bridgehead atoms. The summed E-state index contributed by atoms with van der Waals surface area (Å²) in [6.45, 7) is 4.29. The third-order valence-corrected chi connectivity index (χ3v) is 5.57. The summed E-state index contributed by atoms with van der Waals surface area (Å²) in [5.74, 6) is -0.0948. The molecule has 4 N–H and O–H groups in total. The highest BCUT2D eigenvalue weighted by molar-refractivity contribution is 5.97. The normalized spacial score (nSPS) is 15.0. The quantitative estimate of drug-likeness (QED) is 0.670. The summed E-state index contributed by atoms with van der Waals surface area (Å²) in [6, 6.07) is 7.37. The molecule has 26 heavy (non-hydrogen) atoms. The van der Waals surface area contributed by atoms with Gasteiger partial charge in [0, 0.05) is 23.8 Å². The molecule has 0 radical (unpaired) electrons. The van der Waals surface area contributed by atoms with Crippen LogP contribution in [-0.2, 0) is 4.79 Å². The molecule has 0 spiro atoms. The molecule has 6 heteroatoms. The van der Waals surface area contributed by atoms with Gasteiger partial charge in [0.05, 0.1) is 5.41 Å². The van der Waals surface area contributed by atoms with Gasteiger partial charge in [0.15, 0.2) is 0 Å². The number of hydrogen-bond donors (Lipinski definition) is 3. The van der Waals surface area contributed by atoms with Gasteiger partial charge in [0.1, 0.15) is 0 Å². The lowest BCUT2D eigenvalue weighted by molar-refractivity contribution is -0.125. The average molecular weight is 382 g/mol. The average Bonchev–Trinajstić information content (AvgIpc) is 2.65. The van der Waals surface area contributed by atoms with Gasteiger partial charge in [-0.2, -0.15) is 0 Å². The Kier molecular flexibility index (Phi) is 9.09. The van der Waals surface area contributed by atoms with Crippen LogP contribution >= 0.6 is 12.4 Å². The summed E-state index contributed by atoms with van der Waals surface area (Å²) < 4.78 is 0. The number of carbonyl (C=O) groups excluding carboxylic acids is 2. The first-order chi connectivity index (χ1) is 12.0. The first-order valence-electron chi connectivity index (χ1n) is 9.47. The van der Waals surface area contributed by atoms with Crippen molar-refractivity contribution in [1.82, 2.24) is 5.32 Å². The Balaban J connectivity index is 0.00000338. The van der Waals surface area contributed by atoms with E-state index < -0.39 is 5.41 Å². The highest BCUT2D eigenvalue weighted by Gasteiger charge is 2.33. The standard InChI is InChI=1S/C20H31N3O2.ClH/c1-3-20(4-2,14-21)19(25)23-17-12-10-15(11-13-17)18(24)22-16-8-6-5-7-9-16;/h10-13,16H,3-9,14,21H2,1-2H3,(H,22,24)(H,23,25);1H. The van der Waals surface area contributed by atoms with Gasteiger partial charge in [-0.1, -0.05) is 33.1 Å². The van der Waals surface area contributed by atoms with Crippen molar-refractivity contribution in [2.24, 2.45) is 11.1 Å². The van der Waals surface area contributed by atoms with Crippen molar-refractivity contribution in [3.8, 4) is 0 Å². The smallest absolute Gasteiger partial charge is 0.251 e. The van der Waals surface area contributed by atoms with Gasteiger partial charge < -0.3 is 16.4 Å². The van der Waals surface area contributed by atoms with Crippen molar-refractivity contribution < 1.29 is 9.59 Å². The van der Waals surface area contributed by atoms with Gasteiger partial charge in [-0.05, 0) is 49.9 Å². The lowest BCUT2D eigenvalue weighted by atomic mass is 9.81. The second kappa shape index (κ2) is 10.5. The van der Waals surface area contributed by atoms with Crippen molar-refractivity contribution >= 4 is 29.9 Å². The van der Waals surface area contributed by atoms with Crippen molar-refractivity contribution in [2.75, 3.05) is 11.9 Å². The number of nitrogens with two attached hydrogens (primary N) is 1. The Hall–Kier alpha value is -1.59. The summed E-state index contributed by atoms with van der Waals surface area (Å²) in [4.78, 5) is 24.9. The number of halogens is 1. The zero-order valence-corrected chi connectivity index (χ0v) is 16.7. The Labute approximate surface area is 162 Å². The van der Waals surface area contributed by atoms with Crippen molar-refractivity contribution in [1.29, 1.82) is 0 Å². The van der Waals surface area contributed by atoms with Gasteiger partial charge in [0.25, 0.3) is 5.91 Å². The second-order valence-corrected chi connectivity index (χ2v) is 7.03. The lowest BCUT2D eigenvalue weighted by Crippen LogP contribution is -2.41. The van der Waals surface area contributed by atoms with E-state index in [4.69, 9.17) is 5.73 Å². The molecule has 1 aromatic rings. The van der Waals surface area contributed by atoms with E-state index in [1.54, 1.807) is 24.3 Å². The van der Waals surface area contributed by atoms with Crippen molar-refractivity contribution in [3.05, 3.63) is 29.8 Å². The van der Waals surface area contributed by atoms with E-state index in [9.17, 15) is 9.59 Å². The number of nitrogens with one attached hydrogen (secondary N) is 2. The molecule has 0 saturated heterocycles. The van der Waals surface area contributed by atoms with E-state index in [2.05, 4.69) is 10.6 Å². The first kappa shape index (κ1) is 22.5. The van der Waals surface area contributed by atoms with E-state index in [0.717, 1.165) is 12.8 Å². The summed E-state index contributed by atoms with van der Waals surface area (Å²) in [5.41, 5.74) is 6.61. The zero-order valence-electron chi connectivity index (χ0n) is 15.8. The molecule has 0 unspecified atom stereocenters. The molecule has 1 aliphatic rings. The Morgan fingerprint density at radius 1 is 1.08 bits per heavy atom. The molecule has 1 fully saturated rings. The highest BCUT2D eigenvalue weighted by Crippen LogP contribution is 2.27. The number of anilines is 1. The second-order valence-electron chi connectivity index (χ2n) is 7.03. The Bertz CT molecular complexity index is 571. The molecule has 1 aromatic carbocycles. The topological polar surface area (TPSA) is 84.2 Å². The fourth-order valence-corrected chi connectivity index (χ4v) is 3.44. The maximum Gasteiger partial charge on any atom is 0.251 e. The fraction of sp³-hybridized carbons (Fsp3) is 0.600. The number of rotatable bonds is 7. The summed E-state index contributed by atoms with van der Waals surface area (Å²) in [5, 5.41) is 6.04. The Morgan fingerprint density at radius 2 is 1.65 bits per heavy atom. The molecule has 0 atom stereocenters. The van der Waals surface area contributed by atoms with Gasteiger partial charge in [0.2, 0.25) is 5.91 Å². The van der Waals surface area contributed by atoms with Crippen molar-refractivity contribution in [2.45, 2.75) is 64.8 Å². The molecule has 2 amide bonds. The minimum absolute atomic E-state index is 0. The first-order valence-corrected chi connectivity index (χ1v) is 9.47. The third kappa shape index (κ3) is 5.45. The van der Waals surface area contributed by atoms with E-state index in [0.29, 0.717) is 36.7 Å². The minimum Gasteiger partial charge on any atom is -0.349 e. The van der Waals surface area contributed by atoms with Crippen LogP contribution in [0.1, 0.15) is 69.2 Å². The SMILES string of the molecule is CCC(CC)(CN)C(=O)Nc1ccc(C(=O)NC2CCCCC2)cc1.Cl. The van der Waals surface area contributed by atoms with E-state index in [1.807, 2.05) is 13.8 Å². The zero-order chi connectivity index (χ0) is 18.3. The maximum absolute atomic E-state index is 12.5. The van der Waals surface area contributed by atoms with Crippen LogP contribution in [0, 0.1) is 5.41 Å². The predicted molar refractivity (Wildman–Crippen MR) is 109 cm³/mol. The van der Waals surface area contributed by atoms with Crippen LogP contribution in [-0.4, -0.2) is 24.4 Å². The van der Waals surface area contributed by atoms with E-state index in [1.165, 1.54) is 19.3 Å². The van der Waals surface area contributed by atoms with Gasteiger partial charge in [-0.15, -0.1) is 12.4 Å². The van der Waals surface area contributed by atoms with Crippen molar-refractivity contribution in [3.63, 3.8) is 0 Å². The van der Waals surface area contributed by atoms with Gasteiger partial charge in [-0.25, -0.2) is 0 Å². The Morgan fingerprint density at radius 3 is 2.15 bits per heavy atom. The van der Waals surface area contributed by atoms with E-state index >= 15 is 0 Å². The van der Waals surface area contributed by atoms with Crippen LogP contribution in [0.3, 0.4) is 0 Å². The minimum atomic E-state index is -0.531. The van der Waals surface area contributed by atoms with Crippen LogP contribution in [0.25, 0.3) is 0 Å². The molecule has 5 nitrogen and oxygen atoms in total. The summed E-state index contributed by atoms with van der Waals surface area (Å²) in [6.07, 6.45) is 7.17. The molecule has 0 aromatic heterocycles. The number of hydrogen-bond acceptors (Lipinski definition) is 3. The van der Waals surface area contributed by atoms with E-state index in [-0.39, 0.29) is 24.2 Å². The molecular weight excluding hydrogens is 350 g/mol. The third-order valence-electron chi connectivity index (χ3n) is 5.57. The highest BCUT2D eigenvalue weighted by atomic mass is 35.5. The monoisotopic (exact) mass is 381 g/mol. The van der Waals surface area contributed by atoms with Gasteiger partial charge in [-0.3, -0.25) is 9.59 Å². The maximum atomic E-state index is 12.5. The molecule has 2 rings (SSSR count). The fourth-order valence-electron chi connectivity index (χ4n) is 3.44. The van der Waals surface area contributed by atoms with Crippen LogP contribution in [0.4, 0.5) is 5.69 Å². The molecular formula is C20H32ClN3O2. The van der Waals surface area contributed by atoms with Crippen LogP contribution < -0.4 is 16.4 Å². The van der Waals surface area contributed by atoms with Crippen LogP contribution in [0.15, 0.2) is 24.3 Å². The molecule has 1 aliphatic carbocycles. The summed E-state index contributed by atoms with van der Waals surface area (Å²) in [7, 11) is 0. The number of carbonyl (C=O) groups is 2. The van der Waals surface area contributed by atoms with Crippen LogP contribution in [0.2, 0.25) is 0 Å². The largest absolute Gasteiger partial charge is 0.349 e. The lowest BCUT2D eigenvalue weighted by Gasteiger charge is -2.28. The number of amides is 2. The number of benzene rings is 1. The van der Waals surface area contributed by atoms with Crippen LogP contribution in [0.5, 0.6) is 0 Å². The molecule has 1 saturated carbocycles.